The summed E-state index contributed by atoms with van der Waals surface area (Å²) in [7, 11) is 0.517. The second kappa shape index (κ2) is 5.29. The van der Waals surface area contributed by atoms with Crippen molar-refractivity contribution < 1.29 is 9.63 Å². The first-order valence-electron chi connectivity index (χ1n) is 6.42. The Bertz CT molecular complexity index is 861. The Kier molecular flexibility index (Phi) is 3.32. The minimum absolute atomic E-state index is 0.0886. The SMILES string of the molecule is O=Bc1cc(-c2ccc3ccccc3c2)ccc1[N+](=O)[O-]. The van der Waals surface area contributed by atoms with E-state index in [9.17, 15) is 14.8 Å². The van der Waals surface area contributed by atoms with E-state index in [1.54, 1.807) is 12.1 Å². The van der Waals surface area contributed by atoms with E-state index in [4.69, 9.17) is 0 Å². The molecule has 0 saturated carbocycles. The van der Waals surface area contributed by atoms with E-state index in [0.29, 0.717) is 7.15 Å². The average molecular weight is 275 g/mol. The summed E-state index contributed by atoms with van der Waals surface area (Å²) < 4.78 is 11.0. The number of fused-ring (bicyclic) bond motifs is 1. The fraction of sp³-hybridized carbons (Fsp3) is 0. The summed E-state index contributed by atoms with van der Waals surface area (Å²) in [5.74, 6) is 0. The van der Waals surface area contributed by atoms with Crippen molar-refractivity contribution in [1.82, 2.24) is 0 Å². The van der Waals surface area contributed by atoms with Crippen molar-refractivity contribution >= 4 is 29.1 Å². The molecule has 21 heavy (non-hydrogen) atoms. The summed E-state index contributed by atoms with van der Waals surface area (Å²) in [5, 5.41) is 13.1. The summed E-state index contributed by atoms with van der Waals surface area (Å²) in [5.41, 5.74) is 1.63. The van der Waals surface area contributed by atoms with Crippen LogP contribution in [0.1, 0.15) is 0 Å². The first kappa shape index (κ1) is 13.2. The van der Waals surface area contributed by atoms with Crippen LogP contribution in [0, 0.1) is 10.1 Å². The van der Waals surface area contributed by atoms with Gasteiger partial charge in [-0.2, -0.15) is 0 Å². The average Bonchev–Trinajstić information content (AvgIpc) is 2.53. The van der Waals surface area contributed by atoms with E-state index in [1.807, 2.05) is 42.5 Å². The molecule has 0 amide bonds. The number of nitro benzene ring substituents is 1. The summed E-state index contributed by atoms with van der Waals surface area (Å²) in [6, 6.07) is 18.5. The molecule has 0 atom stereocenters. The van der Waals surface area contributed by atoms with Crippen LogP contribution in [0.15, 0.2) is 60.7 Å². The third kappa shape index (κ3) is 2.45. The van der Waals surface area contributed by atoms with Crippen LogP contribution < -0.4 is 5.46 Å². The molecule has 0 radical (unpaired) electrons. The van der Waals surface area contributed by atoms with E-state index in [-0.39, 0.29) is 11.2 Å². The van der Waals surface area contributed by atoms with Crippen LogP contribution in [0.25, 0.3) is 21.9 Å². The van der Waals surface area contributed by atoms with Gasteiger partial charge in [0.05, 0.1) is 0 Å². The van der Waals surface area contributed by atoms with Crippen LogP contribution in [-0.4, -0.2) is 12.1 Å². The molecule has 0 aliphatic heterocycles. The molecule has 3 rings (SSSR count). The maximum absolute atomic E-state index is 11.0. The summed E-state index contributed by atoms with van der Waals surface area (Å²) >= 11 is 0. The monoisotopic (exact) mass is 275 g/mol. The minimum atomic E-state index is -0.548. The number of rotatable bonds is 3. The molecule has 0 N–H and O–H groups in total. The molecule has 0 spiro atoms. The van der Waals surface area contributed by atoms with E-state index >= 15 is 0 Å². The predicted molar refractivity (Wildman–Crippen MR) is 82.1 cm³/mol. The van der Waals surface area contributed by atoms with Gasteiger partial charge in [0.25, 0.3) is 0 Å². The van der Waals surface area contributed by atoms with Gasteiger partial charge in [-0.25, -0.2) is 0 Å². The van der Waals surface area contributed by atoms with Crippen molar-refractivity contribution in [3.63, 3.8) is 0 Å². The number of nitrogens with zero attached hydrogens (tertiary/aromatic N) is 1. The van der Waals surface area contributed by atoms with Gasteiger partial charge in [0, 0.05) is 0 Å². The predicted octanol–water partition coefficient (Wildman–Crippen LogP) is 3.09. The number of nitro groups is 1. The van der Waals surface area contributed by atoms with Gasteiger partial charge in [-0.1, -0.05) is 0 Å². The number of hydrogen-bond donors (Lipinski definition) is 0. The van der Waals surface area contributed by atoms with Crippen LogP contribution in [-0.2, 0) is 4.70 Å². The third-order valence-corrected chi connectivity index (χ3v) is 3.43. The van der Waals surface area contributed by atoms with Gasteiger partial charge in [0.1, 0.15) is 0 Å². The van der Waals surface area contributed by atoms with Crippen LogP contribution in [0.2, 0.25) is 0 Å². The van der Waals surface area contributed by atoms with Gasteiger partial charge < -0.3 is 0 Å². The van der Waals surface area contributed by atoms with Crippen LogP contribution in [0.3, 0.4) is 0 Å². The molecule has 0 unspecified atom stereocenters. The Labute approximate surface area is 121 Å². The van der Waals surface area contributed by atoms with Crippen molar-refractivity contribution in [3.05, 3.63) is 70.8 Å². The van der Waals surface area contributed by atoms with E-state index < -0.39 is 4.92 Å². The normalized spacial score (nSPS) is 10.3. The fourth-order valence-electron chi connectivity index (χ4n) is 2.36. The Morgan fingerprint density at radius 3 is 2.24 bits per heavy atom. The third-order valence-electron chi connectivity index (χ3n) is 3.43. The van der Waals surface area contributed by atoms with E-state index in [1.165, 1.54) is 6.07 Å². The molecule has 0 aliphatic rings. The molecule has 0 fully saturated rings. The van der Waals surface area contributed by atoms with E-state index in [2.05, 4.69) is 0 Å². The van der Waals surface area contributed by atoms with Gasteiger partial charge in [-0.3, -0.25) is 0 Å². The molecule has 0 aromatic heterocycles. The van der Waals surface area contributed by atoms with Gasteiger partial charge in [0.2, 0.25) is 0 Å². The molecule has 0 bridgehead atoms. The quantitative estimate of drug-likeness (QED) is 0.419. The maximum atomic E-state index is 11.0. The Balaban J connectivity index is 2.14. The fourth-order valence-corrected chi connectivity index (χ4v) is 2.36. The summed E-state index contributed by atoms with van der Waals surface area (Å²) in [6.45, 7) is 0. The number of hydrogen-bond acceptors (Lipinski definition) is 3. The van der Waals surface area contributed by atoms with Crippen LogP contribution in [0.4, 0.5) is 5.69 Å². The standard InChI is InChI=1S/C16H10BNO3/c19-17-15-10-14(7-8-16(15)18(20)21)13-6-5-11-3-1-2-4-12(11)9-13/h1-10H. The zero-order valence-corrected chi connectivity index (χ0v) is 11.0. The van der Waals surface area contributed by atoms with Crippen molar-refractivity contribution in [2.24, 2.45) is 0 Å². The molecule has 0 saturated heterocycles. The zero-order valence-electron chi connectivity index (χ0n) is 11.0. The van der Waals surface area contributed by atoms with Crippen molar-refractivity contribution in [1.29, 1.82) is 0 Å². The van der Waals surface area contributed by atoms with Gasteiger partial charge >= 0.3 is 121 Å². The van der Waals surface area contributed by atoms with Gasteiger partial charge in [-0.05, 0) is 0 Å². The van der Waals surface area contributed by atoms with Gasteiger partial charge in [-0.15, -0.1) is 0 Å². The summed E-state index contributed by atoms with van der Waals surface area (Å²) in [6.07, 6.45) is 0. The topological polar surface area (TPSA) is 60.2 Å². The molecular formula is C16H10BNO3. The molecule has 100 valence electrons. The molecule has 5 heteroatoms. The Hall–Kier alpha value is -2.82. The van der Waals surface area contributed by atoms with Crippen LogP contribution >= 0.6 is 0 Å². The number of benzene rings is 3. The molecule has 0 aliphatic carbocycles. The Morgan fingerprint density at radius 2 is 1.52 bits per heavy atom. The molecule has 3 aromatic carbocycles. The first-order valence-corrected chi connectivity index (χ1v) is 6.42. The van der Waals surface area contributed by atoms with Crippen molar-refractivity contribution in [3.8, 4) is 11.1 Å². The van der Waals surface area contributed by atoms with Crippen molar-refractivity contribution in [2.75, 3.05) is 0 Å². The van der Waals surface area contributed by atoms with Gasteiger partial charge in [0.15, 0.2) is 0 Å². The van der Waals surface area contributed by atoms with E-state index in [0.717, 1.165) is 21.9 Å². The second-order valence-corrected chi connectivity index (χ2v) is 4.71. The Morgan fingerprint density at radius 1 is 0.857 bits per heavy atom. The molecule has 0 heterocycles. The molecular weight excluding hydrogens is 265 g/mol. The molecule has 3 aromatic rings. The van der Waals surface area contributed by atoms with Crippen LogP contribution in [0.5, 0.6) is 0 Å². The summed E-state index contributed by atoms with van der Waals surface area (Å²) in [4.78, 5) is 10.3. The van der Waals surface area contributed by atoms with Crippen molar-refractivity contribution in [2.45, 2.75) is 0 Å². The molecule has 4 nitrogen and oxygen atoms in total. The second-order valence-electron chi connectivity index (χ2n) is 4.71. The zero-order chi connectivity index (χ0) is 14.8. The first-order chi connectivity index (χ1) is 10.2.